The minimum atomic E-state index is 0.712. The van der Waals surface area contributed by atoms with Crippen molar-refractivity contribution in [1.82, 2.24) is 4.98 Å². The highest BCUT2D eigenvalue weighted by molar-refractivity contribution is 9.10. The Balaban J connectivity index is 2.75. The van der Waals surface area contributed by atoms with Crippen molar-refractivity contribution in [3.8, 4) is 0 Å². The van der Waals surface area contributed by atoms with Crippen LogP contribution in [0.4, 0.5) is 0 Å². The first-order valence-corrected chi connectivity index (χ1v) is 5.05. The van der Waals surface area contributed by atoms with E-state index in [9.17, 15) is 0 Å². The van der Waals surface area contributed by atoms with Gasteiger partial charge in [-0.1, -0.05) is 6.92 Å². The molecule has 1 aromatic carbocycles. The molecule has 1 aromatic heterocycles. The van der Waals surface area contributed by atoms with Gasteiger partial charge in [0.15, 0.2) is 11.5 Å². The van der Waals surface area contributed by atoms with E-state index in [0.29, 0.717) is 5.89 Å². The van der Waals surface area contributed by atoms with E-state index in [1.54, 1.807) is 0 Å². The maximum atomic E-state index is 5.44. The summed E-state index contributed by atoms with van der Waals surface area (Å²) in [6, 6.07) is 4.14. The van der Waals surface area contributed by atoms with Gasteiger partial charge in [-0.05, 0) is 40.0 Å². The van der Waals surface area contributed by atoms with Crippen LogP contribution in [0.5, 0.6) is 0 Å². The van der Waals surface area contributed by atoms with Crippen LogP contribution >= 0.6 is 15.9 Å². The largest absolute Gasteiger partial charge is 0.440 e. The van der Waals surface area contributed by atoms with Crippen LogP contribution < -0.4 is 0 Å². The smallest absolute Gasteiger partial charge is 0.192 e. The van der Waals surface area contributed by atoms with Crippen LogP contribution in [-0.4, -0.2) is 4.98 Å². The summed E-state index contributed by atoms with van der Waals surface area (Å²) in [7, 11) is 0. The third kappa shape index (κ3) is 1.48. The average molecular weight is 240 g/mol. The van der Waals surface area contributed by atoms with Crippen LogP contribution in [0, 0.1) is 6.92 Å². The Morgan fingerprint density at radius 3 is 2.92 bits per heavy atom. The number of aryl methyl sites for hydroxylation is 2. The van der Waals surface area contributed by atoms with Gasteiger partial charge >= 0.3 is 0 Å². The summed E-state index contributed by atoms with van der Waals surface area (Å²) in [5, 5.41) is 0. The second-order valence-electron chi connectivity index (χ2n) is 3.01. The van der Waals surface area contributed by atoms with E-state index in [2.05, 4.69) is 40.0 Å². The predicted molar refractivity (Wildman–Crippen MR) is 55.8 cm³/mol. The lowest BCUT2D eigenvalue weighted by Gasteiger charge is -1.96. The fourth-order valence-electron chi connectivity index (χ4n) is 1.36. The minimum absolute atomic E-state index is 0.712. The van der Waals surface area contributed by atoms with E-state index in [1.165, 1.54) is 5.56 Å². The summed E-state index contributed by atoms with van der Waals surface area (Å²) in [5.41, 5.74) is 3.05. The average Bonchev–Trinajstić information content (AvgIpc) is 2.46. The van der Waals surface area contributed by atoms with E-state index in [1.807, 2.05) is 6.92 Å². The monoisotopic (exact) mass is 239 g/mol. The van der Waals surface area contributed by atoms with Crippen molar-refractivity contribution >= 4 is 27.0 Å². The van der Waals surface area contributed by atoms with Crippen molar-refractivity contribution in [3.05, 3.63) is 28.1 Å². The fraction of sp³-hybridized carbons (Fsp3) is 0.300. The third-order valence-corrected chi connectivity index (χ3v) is 2.61. The van der Waals surface area contributed by atoms with E-state index in [-0.39, 0.29) is 0 Å². The molecular formula is C10H10BrNO. The molecule has 0 fully saturated rings. The molecule has 2 aromatic rings. The number of nitrogens with zero attached hydrogens (tertiary/aromatic N) is 1. The van der Waals surface area contributed by atoms with Crippen LogP contribution in [0.25, 0.3) is 11.1 Å². The van der Waals surface area contributed by atoms with Crippen LogP contribution in [0.1, 0.15) is 18.4 Å². The third-order valence-electron chi connectivity index (χ3n) is 2.02. The maximum Gasteiger partial charge on any atom is 0.192 e. The number of halogens is 1. The Labute approximate surface area is 85.1 Å². The summed E-state index contributed by atoms with van der Waals surface area (Å²) in [6.45, 7) is 3.98. The van der Waals surface area contributed by atoms with Crippen molar-refractivity contribution in [2.45, 2.75) is 20.3 Å². The van der Waals surface area contributed by atoms with Gasteiger partial charge in [0, 0.05) is 6.92 Å². The Kier molecular flexibility index (Phi) is 2.12. The molecule has 0 unspecified atom stereocenters. The lowest BCUT2D eigenvalue weighted by atomic mass is 10.1. The van der Waals surface area contributed by atoms with Gasteiger partial charge in [0.2, 0.25) is 0 Å². The molecule has 3 heteroatoms. The molecule has 1 heterocycles. The van der Waals surface area contributed by atoms with E-state index in [0.717, 1.165) is 22.0 Å². The number of hydrogen-bond donors (Lipinski definition) is 0. The van der Waals surface area contributed by atoms with Crippen LogP contribution in [-0.2, 0) is 6.42 Å². The van der Waals surface area contributed by atoms with Crippen LogP contribution in [0.15, 0.2) is 21.0 Å². The zero-order valence-electron chi connectivity index (χ0n) is 7.60. The molecular weight excluding hydrogens is 230 g/mol. The number of aromatic nitrogens is 1. The first-order valence-electron chi connectivity index (χ1n) is 4.26. The van der Waals surface area contributed by atoms with Crippen LogP contribution in [0.3, 0.4) is 0 Å². The highest BCUT2D eigenvalue weighted by Gasteiger charge is 2.07. The SMILES string of the molecule is CCc1cc(Br)c2oc(C)nc2c1. The summed E-state index contributed by atoms with van der Waals surface area (Å²) in [6.07, 6.45) is 1.01. The van der Waals surface area contributed by atoms with Crippen LogP contribution in [0.2, 0.25) is 0 Å². The molecule has 0 aliphatic heterocycles. The normalized spacial score (nSPS) is 11.0. The molecule has 0 saturated heterocycles. The molecule has 0 radical (unpaired) electrons. The maximum absolute atomic E-state index is 5.44. The zero-order valence-corrected chi connectivity index (χ0v) is 9.18. The molecule has 68 valence electrons. The van der Waals surface area contributed by atoms with Gasteiger partial charge in [0.05, 0.1) is 4.47 Å². The lowest BCUT2D eigenvalue weighted by Crippen LogP contribution is -1.80. The Morgan fingerprint density at radius 2 is 2.23 bits per heavy atom. The number of rotatable bonds is 1. The molecule has 0 aliphatic carbocycles. The predicted octanol–water partition coefficient (Wildman–Crippen LogP) is 3.46. The summed E-state index contributed by atoms with van der Waals surface area (Å²) < 4.78 is 6.43. The van der Waals surface area contributed by atoms with E-state index < -0.39 is 0 Å². The van der Waals surface area contributed by atoms with Gasteiger partial charge in [-0.3, -0.25) is 0 Å². The summed E-state index contributed by atoms with van der Waals surface area (Å²) in [4.78, 5) is 4.29. The molecule has 0 spiro atoms. The number of hydrogen-bond acceptors (Lipinski definition) is 2. The zero-order chi connectivity index (χ0) is 9.42. The number of oxazole rings is 1. The first kappa shape index (κ1) is 8.75. The van der Waals surface area contributed by atoms with Gasteiger partial charge in [-0.25, -0.2) is 4.98 Å². The van der Waals surface area contributed by atoms with Crippen molar-refractivity contribution in [2.75, 3.05) is 0 Å². The van der Waals surface area contributed by atoms with E-state index in [4.69, 9.17) is 4.42 Å². The molecule has 0 aliphatic rings. The lowest BCUT2D eigenvalue weighted by molar-refractivity contribution is 0.559. The number of fused-ring (bicyclic) bond motifs is 1. The molecule has 0 bridgehead atoms. The van der Waals surface area contributed by atoms with Crippen molar-refractivity contribution in [3.63, 3.8) is 0 Å². The molecule has 0 atom stereocenters. The Hall–Kier alpha value is -0.830. The van der Waals surface area contributed by atoms with Gasteiger partial charge in [-0.15, -0.1) is 0 Å². The fourth-order valence-corrected chi connectivity index (χ4v) is 1.94. The van der Waals surface area contributed by atoms with Gasteiger partial charge in [0.1, 0.15) is 5.52 Å². The highest BCUT2D eigenvalue weighted by atomic mass is 79.9. The Morgan fingerprint density at radius 1 is 1.46 bits per heavy atom. The summed E-state index contributed by atoms with van der Waals surface area (Å²) in [5.74, 6) is 0.712. The second-order valence-corrected chi connectivity index (χ2v) is 3.87. The van der Waals surface area contributed by atoms with Crippen molar-refractivity contribution < 1.29 is 4.42 Å². The topological polar surface area (TPSA) is 26.0 Å². The molecule has 2 rings (SSSR count). The minimum Gasteiger partial charge on any atom is -0.440 e. The first-order chi connectivity index (χ1) is 6.20. The quantitative estimate of drug-likeness (QED) is 0.762. The van der Waals surface area contributed by atoms with Gasteiger partial charge < -0.3 is 4.42 Å². The highest BCUT2D eigenvalue weighted by Crippen LogP contribution is 2.26. The van der Waals surface area contributed by atoms with E-state index >= 15 is 0 Å². The second kappa shape index (κ2) is 3.14. The Bertz CT molecular complexity index is 447. The van der Waals surface area contributed by atoms with Gasteiger partial charge in [0.25, 0.3) is 0 Å². The summed E-state index contributed by atoms with van der Waals surface area (Å²) >= 11 is 3.47. The van der Waals surface area contributed by atoms with Crippen molar-refractivity contribution in [2.24, 2.45) is 0 Å². The van der Waals surface area contributed by atoms with Gasteiger partial charge in [-0.2, -0.15) is 0 Å². The molecule has 0 amide bonds. The molecule has 13 heavy (non-hydrogen) atoms. The van der Waals surface area contributed by atoms with Crippen molar-refractivity contribution in [1.29, 1.82) is 0 Å². The number of benzene rings is 1. The molecule has 0 saturated carbocycles. The standard InChI is InChI=1S/C10H10BrNO/c1-3-7-4-8(11)10-9(5-7)12-6(2)13-10/h4-5H,3H2,1-2H3. The molecule has 2 nitrogen and oxygen atoms in total. The molecule has 0 N–H and O–H groups in total.